The lowest BCUT2D eigenvalue weighted by atomic mass is 10.2. The Bertz CT molecular complexity index is 889. The lowest BCUT2D eigenvalue weighted by molar-refractivity contribution is 0.0942. The molecule has 134 valence electrons. The summed E-state index contributed by atoms with van der Waals surface area (Å²) >= 11 is 5.85. The predicted molar refractivity (Wildman–Crippen MR) is 99.3 cm³/mol. The zero-order valence-corrected chi connectivity index (χ0v) is 15.1. The van der Waals surface area contributed by atoms with Gasteiger partial charge < -0.3 is 10.4 Å². The molecule has 1 aromatic heterocycles. The molecule has 1 amide bonds. The van der Waals surface area contributed by atoms with Gasteiger partial charge in [-0.15, -0.1) is 10.2 Å². The second-order valence-electron chi connectivity index (χ2n) is 5.77. The van der Waals surface area contributed by atoms with Crippen LogP contribution in [0, 0.1) is 0 Å². The maximum atomic E-state index is 12.4. The number of aryl methyl sites for hydroxylation is 1. The summed E-state index contributed by atoms with van der Waals surface area (Å²) in [7, 11) is 0. The number of halogens is 1. The fourth-order valence-corrected chi connectivity index (χ4v) is 2.59. The SMILES string of the molecule is CCc1ccc(-n2nc(CO)c(C(=O)NCc3ccc(Cl)cc3)n2)cc1. The van der Waals surface area contributed by atoms with Crippen LogP contribution in [-0.4, -0.2) is 26.0 Å². The Hall–Kier alpha value is -2.70. The van der Waals surface area contributed by atoms with Gasteiger partial charge in [0.1, 0.15) is 5.69 Å². The highest BCUT2D eigenvalue weighted by Gasteiger charge is 2.18. The number of hydrogen-bond acceptors (Lipinski definition) is 4. The zero-order chi connectivity index (χ0) is 18.5. The van der Waals surface area contributed by atoms with Crippen molar-refractivity contribution in [3.8, 4) is 5.69 Å². The molecule has 3 aromatic rings. The molecule has 26 heavy (non-hydrogen) atoms. The number of aliphatic hydroxyl groups excluding tert-OH is 1. The standard InChI is InChI=1S/C19H19ClN4O2/c1-2-13-5-9-16(10-6-13)24-22-17(12-25)18(23-24)19(26)21-11-14-3-7-15(20)8-4-14/h3-10,25H,2,11-12H2,1H3,(H,21,26). The van der Waals surface area contributed by atoms with Crippen LogP contribution in [0.1, 0.15) is 34.2 Å². The average Bonchev–Trinajstić information content (AvgIpc) is 3.12. The molecule has 0 aliphatic rings. The Kier molecular flexibility index (Phi) is 5.65. The highest BCUT2D eigenvalue weighted by Crippen LogP contribution is 2.12. The van der Waals surface area contributed by atoms with Gasteiger partial charge in [-0.2, -0.15) is 4.80 Å². The molecular formula is C19H19ClN4O2. The molecule has 0 aliphatic heterocycles. The number of nitrogens with zero attached hydrogens (tertiary/aromatic N) is 3. The van der Waals surface area contributed by atoms with Gasteiger partial charge in [0.15, 0.2) is 5.69 Å². The van der Waals surface area contributed by atoms with Crippen molar-refractivity contribution in [2.24, 2.45) is 0 Å². The van der Waals surface area contributed by atoms with Crippen LogP contribution in [0.15, 0.2) is 48.5 Å². The van der Waals surface area contributed by atoms with Crippen molar-refractivity contribution >= 4 is 17.5 Å². The van der Waals surface area contributed by atoms with E-state index in [2.05, 4.69) is 22.4 Å². The summed E-state index contributed by atoms with van der Waals surface area (Å²) in [6.45, 7) is 2.05. The Morgan fingerprint density at radius 2 is 1.73 bits per heavy atom. The minimum absolute atomic E-state index is 0.112. The fourth-order valence-electron chi connectivity index (χ4n) is 2.47. The van der Waals surface area contributed by atoms with E-state index in [0.29, 0.717) is 11.6 Å². The average molecular weight is 371 g/mol. The van der Waals surface area contributed by atoms with Crippen molar-refractivity contribution in [3.63, 3.8) is 0 Å². The number of aromatic nitrogens is 3. The molecule has 0 saturated carbocycles. The van der Waals surface area contributed by atoms with E-state index < -0.39 is 0 Å². The smallest absolute Gasteiger partial charge is 0.274 e. The van der Waals surface area contributed by atoms with E-state index in [4.69, 9.17) is 11.6 Å². The van der Waals surface area contributed by atoms with Crippen LogP contribution < -0.4 is 5.32 Å². The summed E-state index contributed by atoms with van der Waals surface area (Å²) in [4.78, 5) is 13.8. The normalized spacial score (nSPS) is 10.7. The molecular weight excluding hydrogens is 352 g/mol. The fraction of sp³-hybridized carbons (Fsp3) is 0.211. The number of hydrogen-bond donors (Lipinski definition) is 2. The van der Waals surface area contributed by atoms with Crippen LogP contribution in [-0.2, 0) is 19.6 Å². The number of benzene rings is 2. The van der Waals surface area contributed by atoms with Gasteiger partial charge in [0, 0.05) is 11.6 Å². The van der Waals surface area contributed by atoms with Crippen LogP contribution in [0.3, 0.4) is 0 Å². The van der Waals surface area contributed by atoms with Crippen molar-refractivity contribution in [3.05, 3.63) is 76.1 Å². The Morgan fingerprint density at radius 1 is 1.08 bits per heavy atom. The molecule has 0 atom stereocenters. The number of nitrogens with one attached hydrogen (secondary N) is 1. The third-order valence-corrected chi connectivity index (χ3v) is 4.24. The van der Waals surface area contributed by atoms with Gasteiger partial charge in [-0.1, -0.05) is 42.8 Å². The van der Waals surface area contributed by atoms with Crippen LogP contribution in [0.5, 0.6) is 0 Å². The second-order valence-corrected chi connectivity index (χ2v) is 6.21. The molecule has 7 heteroatoms. The molecule has 0 aliphatic carbocycles. The van der Waals surface area contributed by atoms with Gasteiger partial charge in [-0.25, -0.2) is 0 Å². The first-order valence-electron chi connectivity index (χ1n) is 8.29. The van der Waals surface area contributed by atoms with Crippen molar-refractivity contribution in [1.29, 1.82) is 0 Å². The summed E-state index contributed by atoms with van der Waals surface area (Å²) in [6, 6.07) is 14.9. The Balaban J connectivity index is 1.76. The van der Waals surface area contributed by atoms with E-state index in [9.17, 15) is 9.90 Å². The first kappa shape index (κ1) is 18.1. The minimum Gasteiger partial charge on any atom is -0.390 e. The van der Waals surface area contributed by atoms with Gasteiger partial charge in [-0.05, 0) is 41.8 Å². The quantitative estimate of drug-likeness (QED) is 0.699. The van der Waals surface area contributed by atoms with Crippen LogP contribution >= 0.6 is 11.6 Å². The van der Waals surface area contributed by atoms with E-state index >= 15 is 0 Å². The molecule has 0 fully saturated rings. The van der Waals surface area contributed by atoms with Crippen LogP contribution in [0.25, 0.3) is 5.69 Å². The number of aliphatic hydroxyl groups is 1. The van der Waals surface area contributed by atoms with E-state index in [1.807, 2.05) is 36.4 Å². The molecule has 1 heterocycles. The van der Waals surface area contributed by atoms with E-state index in [1.165, 1.54) is 10.4 Å². The first-order chi connectivity index (χ1) is 12.6. The van der Waals surface area contributed by atoms with E-state index in [0.717, 1.165) is 17.7 Å². The van der Waals surface area contributed by atoms with E-state index in [-0.39, 0.29) is 23.9 Å². The zero-order valence-electron chi connectivity index (χ0n) is 14.3. The van der Waals surface area contributed by atoms with Crippen molar-refractivity contribution in [2.45, 2.75) is 26.5 Å². The molecule has 0 radical (unpaired) electrons. The second kappa shape index (κ2) is 8.12. The summed E-state index contributed by atoms with van der Waals surface area (Å²) < 4.78 is 0. The molecule has 2 N–H and O–H groups in total. The lowest BCUT2D eigenvalue weighted by Crippen LogP contribution is -2.24. The van der Waals surface area contributed by atoms with Gasteiger partial charge >= 0.3 is 0 Å². The van der Waals surface area contributed by atoms with Gasteiger partial charge in [0.25, 0.3) is 5.91 Å². The van der Waals surface area contributed by atoms with Crippen molar-refractivity contribution < 1.29 is 9.90 Å². The van der Waals surface area contributed by atoms with Gasteiger partial charge in [0.05, 0.1) is 12.3 Å². The predicted octanol–water partition coefficient (Wildman–Crippen LogP) is 2.91. The summed E-state index contributed by atoms with van der Waals surface area (Å²) in [6.07, 6.45) is 0.938. The largest absolute Gasteiger partial charge is 0.390 e. The van der Waals surface area contributed by atoms with E-state index in [1.54, 1.807) is 12.1 Å². The molecule has 0 bridgehead atoms. The summed E-state index contributed by atoms with van der Waals surface area (Å²) in [5.41, 5.74) is 3.19. The minimum atomic E-state index is -0.388. The molecule has 2 aromatic carbocycles. The van der Waals surface area contributed by atoms with Crippen molar-refractivity contribution in [1.82, 2.24) is 20.3 Å². The number of amides is 1. The third-order valence-electron chi connectivity index (χ3n) is 3.99. The lowest BCUT2D eigenvalue weighted by Gasteiger charge is -2.04. The molecule has 0 unspecified atom stereocenters. The molecule has 3 rings (SSSR count). The Labute approximate surface area is 156 Å². The Morgan fingerprint density at radius 3 is 2.35 bits per heavy atom. The maximum Gasteiger partial charge on any atom is 0.274 e. The highest BCUT2D eigenvalue weighted by atomic mass is 35.5. The van der Waals surface area contributed by atoms with Crippen LogP contribution in [0.4, 0.5) is 0 Å². The summed E-state index contributed by atoms with van der Waals surface area (Å²) in [5.74, 6) is -0.388. The van der Waals surface area contributed by atoms with Crippen molar-refractivity contribution in [2.75, 3.05) is 0 Å². The number of rotatable bonds is 6. The molecule has 0 spiro atoms. The van der Waals surface area contributed by atoms with Gasteiger partial charge in [0.2, 0.25) is 0 Å². The topological polar surface area (TPSA) is 80.0 Å². The monoisotopic (exact) mass is 370 g/mol. The number of carbonyl (C=O) groups is 1. The summed E-state index contributed by atoms with van der Waals surface area (Å²) in [5, 5.41) is 21.4. The third kappa shape index (κ3) is 4.09. The van der Waals surface area contributed by atoms with Crippen LogP contribution in [0.2, 0.25) is 5.02 Å². The maximum absolute atomic E-state index is 12.4. The number of carbonyl (C=O) groups excluding carboxylic acids is 1. The highest BCUT2D eigenvalue weighted by molar-refractivity contribution is 6.30. The molecule has 6 nitrogen and oxygen atoms in total. The molecule has 0 saturated heterocycles. The van der Waals surface area contributed by atoms with Gasteiger partial charge in [-0.3, -0.25) is 4.79 Å². The first-order valence-corrected chi connectivity index (χ1v) is 8.67.